The number of anilines is 1. The van der Waals surface area contributed by atoms with Crippen molar-refractivity contribution in [3.8, 4) is 11.4 Å². The van der Waals surface area contributed by atoms with Crippen molar-refractivity contribution in [3.63, 3.8) is 0 Å². The molecule has 1 saturated heterocycles. The van der Waals surface area contributed by atoms with Crippen molar-refractivity contribution in [3.05, 3.63) is 71.0 Å². The van der Waals surface area contributed by atoms with E-state index in [1.807, 2.05) is 29.2 Å². The maximum absolute atomic E-state index is 13.2. The van der Waals surface area contributed by atoms with E-state index in [4.69, 9.17) is 4.74 Å². The van der Waals surface area contributed by atoms with Crippen molar-refractivity contribution in [2.24, 2.45) is 0 Å². The van der Waals surface area contributed by atoms with Crippen LogP contribution in [0.15, 0.2) is 48.5 Å². The fourth-order valence-electron chi connectivity index (χ4n) is 4.48. The SMILES string of the molecule is COc1ccc(N2CCCN(C(=O)Cc3c(C)nn(-c4cccc(C(F)(F)F)c4)c3C)CC2)cc1. The van der Waals surface area contributed by atoms with Gasteiger partial charge in [-0.2, -0.15) is 18.3 Å². The summed E-state index contributed by atoms with van der Waals surface area (Å²) in [6.07, 6.45) is -3.42. The number of methoxy groups -OCH3 is 1. The summed E-state index contributed by atoms with van der Waals surface area (Å²) in [6, 6.07) is 13.0. The standard InChI is InChI=1S/C26H29F3N4O2/c1-18-24(19(2)33(30-18)22-7-4-6-20(16-22)26(27,28)29)17-25(34)32-13-5-12-31(14-15-32)21-8-10-23(35-3)11-9-21/h4,6-11,16H,5,12-15,17H2,1-3H3. The van der Waals surface area contributed by atoms with E-state index in [1.165, 1.54) is 10.7 Å². The van der Waals surface area contributed by atoms with Crippen LogP contribution in [0, 0.1) is 13.8 Å². The molecule has 9 heteroatoms. The van der Waals surface area contributed by atoms with Crippen LogP contribution in [0.25, 0.3) is 5.69 Å². The van der Waals surface area contributed by atoms with E-state index >= 15 is 0 Å². The number of ether oxygens (including phenoxy) is 1. The first-order valence-electron chi connectivity index (χ1n) is 11.6. The number of alkyl halides is 3. The maximum atomic E-state index is 13.2. The molecular formula is C26H29F3N4O2. The zero-order valence-electron chi connectivity index (χ0n) is 20.1. The maximum Gasteiger partial charge on any atom is 0.416 e. The molecule has 0 unspecified atom stereocenters. The number of benzene rings is 2. The van der Waals surface area contributed by atoms with Gasteiger partial charge in [0.25, 0.3) is 0 Å². The Kier molecular flexibility index (Phi) is 7.05. The van der Waals surface area contributed by atoms with Gasteiger partial charge < -0.3 is 14.5 Å². The first-order chi connectivity index (χ1) is 16.7. The van der Waals surface area contributed by atoms with Crippen LogP contribution in [0.3, 0.4) is 0 Å². The normalized spacial score (nSPS) is 14.7. The Morgan fingerprint density at radius 1 is 1.00 bits per heavy atom. The van der Waals surface area contributed by atoms with Crippen molar-refractivity contribution in [2.45, 2.75) is 32.9 Å². The van der Waals surface area contributed by atoms with Crippen LogP contribution in [0.1, 0.15) is 28.9 Å². The second-order valence-corrected chi connectivity index (χ2v) is 8.71. The Balaban J connectivity index is 1.46. The molecule has 1 aliphatic heterocycles. The molecule has 1 aliphatic rings. The van der Waals surface area contributed by atoms with Crippen LogP contribution in [0.4, 0.5) is 18.9 Å². The van der Waals surface area contributed by atoms with E-state index < -0.39 is 11.7 Å². The summed E-state index contributed by atoms with van der Waals surface area (Å²) in [5.74, 6) is 0.799. The second kappa shape index (κ2) is 10.0. The lowest BCUT2D eigenvalue weighted by Gasteiger charge is -2.24. The minimum Gasteiger partial charge on any atom is -0.497 e. The summed E-state index contributed by atoms with van der Waals surface area (Å²) in [5, 5.41) is 4.45. The Morgan fingerprint density at radius 2 is 1.74 bits per heavy atom. The first kappa shape index (κ1) is 24.6. The fraction of sp³-hybridized carbons (Fsp3) is 0.385. The third-order valence-electron chi connectivity index (χ3n) is 6.47. The minimum absolute atomic E-state index is 0.00336. The van der Waals surface area contributed by atoms with Crippen LogP contribution in [0.2, 0.25) is 0 Å². The lowest BCUT2D eigenvalue weighted by Crippen LogP contribution is -2.36. The van der Waals surface area contributed by atoms with Gasteiger partial charge >= 0.3 is 6.18 Å². The fourth-order valence-corrected chi connectivity index (χ4v) is 4.48. The number of nitrogens with zero attached hydrogens (tertiary/aromatic N) is 4. The first-order valence-corrected chi connectivity index (χ1v) is 11.6. The zero-order chi connectivity index (χ0) is 25.2. The van der Waals surface area contributed by atoms with Crippen molar-refractivity contribution in [2.75, 3.05) is 38.2 Å². The number of aryl methyl sites for hydroxylation is 1. The van der Waals surface area contributed by atoms with E-state index in [-0.39, 0.29) is 12.3 Å². The molecule has 1 aromatic heterocycles. The highest BCUT2D eigenvalue weighted by atomic mass is 19.4. The summed E-state index contributed by atoms with van der Waals surface area (Å²) in [5.41, 5.74) is 2.75. The van der Waals surface area contributed by atoms with Gasteiger partial charge in [0.2, 0.25) is 5.91 Å². The van der Waals surface area contributed by atoms with Gasteiger partial charge in [0.15, 0.2) is 0 Å². The molecule has 1 fully saturated rings. The Bertz CT molecular complexity index is 1190. The highest BCUT2D eigenvalue weighted by Gasteiger charge is 2.31. The second-order valence-electron chi connectivity index (χ2n) is 8.71. The van der Waals surface area contributed by atoms with Crippen molar-refractivity contribution < 1.29 is 22.7 Å². The van der Waals surface area contributed by atoms with Crippen LogP contribution >= 0.6 is 0 Å². The summed E-state index contributed by atoms with van der Waals surface area (Å²) >= 11 is 0. The summed E-state index contributed by atoms with van der Waals surface area (Å²) in [6.45, 7) is 6.40. The molecule has 6 nitrogen and oxygen atoms in total. The summed E-state index contributed by atoms with van der Waals surface area (Å²) in [4.78, 5) is 17.3. The summed E-state index contributed by atoms with van der Waals surface area (Å²) in [7, 11) is 1.64. The number of carbonyl (C=O) groups is 1. The molecule has 0 saturated carbocycles. The molecule has 0 atom stereocenters. The van der Waals surface area contributed by atoms with Crippen molar-refractivity contribution >= 4 is 11.6 Å². The lowest BCUT2D eigenvalue weighted by molar-refractivity contribution is -0.137. The smallest absolute Gasteiger partial charge is 0.416 e. The number of amides is 1. The minimum atomic E-state index is -4.43. The van der Waals surface area contributed by atoms with Gasteiger partial charge in [-0.15, -0.1) is 0 Å². The van der Waals surface area contributed by atoms with E-state index in [2.05, 4.69) is 10.00 Å². The molecule has 2 aromatic carbocycles. The van der Waals surface area contributed by atoms with Gasteiger partial charge in [0.1, 0.15) is 5.75 Å². The molecule has 4 rings (SSSR count). The molecule has 3 aromatic rings. The highest BCUT2D eigenvalue weighted by Crippen LogP contribution is 2.31. The number of hydrogen-bond acceptors (Lipinski definition) is 4. The molecule has 186 valence electrons. The van der Waals surface area contributed by atoms with Gasteiger partial charge in [-0.25, -0.2) is 4.68 Å². The largest absolute Gasteiger partial charge is 0.497 e. The van der Waals surface area contributed by atoms with Crippen molar-refractivity contribution in [1.82, 2.24) is 14.7 Å². The Hall–Kier alpha value is -3.49. The molecule has 1 amide bonds. The van der Waals surface area contributed by atoms with Gasteiger partial charge in [0, 0.05) is 43.1 Å². The quantitative estimate of drug-likeness (QED) is 0.520. The zero-order valence-corrected chi connectivity index (χ0v) is 20.1. The van der Waals surface area contributed by atoms with Crippen molar-refractivity contribution in [1.29, 1.82) is 0 Å². The highest BCUT2D eigenvalue weighted by molar-refractivity contribution is 5.79. The van der Waals surface area contributed by atoms with Gasteiger partial charge in [-0.1, -0.05) is 6.07 Å². The third-order valence-corrected chi connectivity index (χ3v) is 6.47. The van der Waals surface area contributed by atoms with Crippen LogP contribution < -0.4 is 9.64 Å². The Morgan fingerprint density at radius 3 is 2.43 bits per heavy atom. The molecule has 0 aliphatic carbocycles. The average Bonchev–Trinajstić information content (AvgIpc) is 3.01. The topological polar surface area (TPSA) is 50.6 Å². The molecule has 35 heavy (non-hydrogen) atoms. The molecule has 2 heterocycles. The number of hydrogen-bond donors (Lipinski definition) is 0. The number of halogens is 3. The molecule has 0 bridgehead atoms. The molecule has 0 N–H and O–H groups in total. The lowest BCUT2D eigenvalue weighted by atomic mass is 10.1. The predicted octanol–water partition coefficient (Wildman–Crippen LogP) is 4.80. The predicted molar refractivity (Wildman–Crippen MR) is 128 cm³/mol. The van der Waals surface area contributed by atoms with E-state index in [1.54, 1.807) is 27.0 Å². The number of carbonyl (C=O) groups excluding carboxylic acids is 1. The third kappa shape index (κ3) is 5.44. The average molecular weight is 487 g/mol. The van der Waals surface area contributed by atoms with Gasteiger partial charge in [-0.05, 0) is 62.7 Å². The van der Waals surface area contributed by atoms with E-state index in [9.17, 15) is 18.0 Å². The monoisotopic (exact) mass is 486 g/mol. The number of aromatic nitrogens is 2. The number of rotatable bonds is 5. The van der Waals surface area contributed by atoms with Crippen LogP contribution in [-0.4, -0.2) is 53.9 Å². The summed E-state index contributed by atoms with van der Waals surface area (Å²) < 4.78 is 46.2. The Labute approximate surface area is 202 Å². The molecule has 0 radical (unpaired) electrons. The van der Waals surface area contributed by atoms with E-state index in [0.29, 0.717) is 30.2 Å². The van der Waals surface area contributed by atoms with Crippen LogP contribution in [-0.2, 0) is 17.4 Å². The van der Waals surface area contributed by atoms with Crippen LogP contribution in [0.5, 0.6) is 5.75 Å². The molecular weight excluding hydrogens is 457 g/mol. The van der Waals surface area contributed by atoms with E-state index in [0.717, 1.165) is 48.6 Å². The van der Waals surface area contributed by atoms with Gasteiger partial charge in [-0.3, -0.25) is 4.79 Å². The molecule has 0 spiro atoms. The van der Waals surface area contributed by atoms with Gasteiger partial charge in [0.05, 0.1) is 30.5 Å².